The molecule has 3 N–H and O–H groups in total. The molecule has 1 aromatic heterocycles. The van der Waals surface area contributed by atoms with Crippen LogP contribution >= 0.6 is 0 Å². The van der Waals surface area contributed by atoms with E-state index in [1.165, 1.54) is 0 Å². The van der Waals surface area contributed by atoms with E-state index in [-0.39, 0.29) is 24.0 Å². The predicted molar refractivity (Wildman–Crippen MR) is 72.9 cm³/mol. The number of amides is 1. The van der Waals surface area contributed by atoms with Gasteiger partial charge in [0.05, 0.1) is 29.4 Å². The fourth-order valence-electron chi connectivity index (χ4n) is 2.25. The minimum absolute atomic E-state index is 0.0738. The normalized spacial score (nSPS) is 14.5. The predicted octanol–water partition coefficient (Wildman–Crippen LogP) is 1.68. The lowest BCUT2D eigenvalue weighted by molar-refractivity contribution is 0.0850. The van der Waals surface area contributed by atoms with Crippen molar-refractivity contribution in [1.29, 1.82) is 0 Å². The third-order valence-electron chi connectivity index (χ3n) is 3.64. The zero-order valence-corrected chi connectivity index (χ0v) is 11.2. The summed E-state index contributed by atoms with van der Waals surface area (Å²) in [6.45, 7) is 5.89. The summed E-state index contributed by atoms with van der Waals surface area (Å²) in [4.78, 5) is 19.5. The molecule has 5 heteroatoms. The number of carbonyl (C=O) groups excluding carboxylic acids is 1. The summed E-state index contributed by atoms with van der Waals surface area (Å²) in [5, 5.41) is 13.2. The van der Waals surface area contributed by atoms with E-state index in [9.17, 15) is 9.90 Å². The molecule has 5 nitrogen and oxygen atoms in total. The number of aromatic nitrogens is 2. The molecule has 1 aliphatic heterocycles. The van der Waals surface area contributed by atoms with Gasteiger partial charge in [0.2, 0.25) is 0 Å². The molecule has 0 spiro atoms. The molecule has 0 unspecified atom stereocenters. The van der Waals surface area contributed by atoms with E-state index >= 15 is 0 Å². The van der Waals surface area contributed by atoms with Crippen LogP contribution in [0.1, 0.15) is 31.1 Å². The molecular weight excluding hydrogens is 242 g/mol. The van der Waals surface area contributed by atoms with Gasteiger partial charge >= 0.3 is 0 Å². The first-order chi connectivity index (χ1) is 8.91. The number of hydrogen-bond donors (Lipinski definition) is 3. The van der Waals surface area contributed by atoms with Gasteiger partial charge in [-0.15, -0.1) is 0 Å². The molecule has 100 valence electrons. The highest BCUT2D eigenvalue weighted by atomic mass is 16.3. The van der Waals surface area contributed by atoms with Crippen LogP contribution in [0.25, 0.3) is 22.3 Å². The Hall–Kier alpha value is -1.88. The van der Waals surface area contributed by atoms with Gasteiger partial charge in [-0.1, -0.05) is 20.8 Å². The molecule has 0 fully saturated rings. The maximum absolute atomic E-state index is 12.3. The zero-order chi connectivity index (χ0) is 13.8. The number of aliphatic hydroxyl groups is 1. The number of nitrogens with one attached hydrogen (secondary N) is 2. The van der Waals surface area contributed by atoms with Crippen LogP contribution in [-0.4, -0.2) is 33.6 Å². The Morgan fingerprint density at radius 2 is 2.26 bits per heavy atom. The van der Waals surface area contributed by atoms with Gasteiger partial charge in [-0.3, -0.25) is 4.79 Å². The van der Waals surface area contributed by atoms with Crippen LogP contribution in [0.15, 0.2) is 12.3 Å². The van der Waals surface area contributed by atoms with E-state index < -0.39 is 0 Å². The highest BCUT2D eigenvalue weighted by molar-refractivity contribution is 6.13. The van der Waals surface area contributed by atoms with Gasteiger partial charge in [0.1, 0.15) is 5.69 Å². The second-order valence-electron chi connectivity index (χ2n) is 6.06. The van der Waals surface area contributed by atoms with Crippen LogP contribution in [-0.2, 0) is 0 Å². The monoisotopic (exact) mass is 259 g/mol. The van der Waals surface area contributed by atoms with E-state index in [1.54, 1.807) is 6.20 Å². The van der Waals surface area contributed by atoms with Crippen molar-refractivity contribution >= 4 is 16.8 Å². The van der Waals surface area contributed by atoms with Crippen molar-refractivity contribution in [1.82, 2.24) is 15.3 Å². The van der Waals surface area contributed by atoms with Crippen molar-refractivity contribution in [3.8, 4) is 11.4 Å². The Kier molecular flexibility index (Phi) is 2.44. The molecule has 0 saturated heterocycles. The molecule has 0 saturated carbocycles. The lowest BCUT2D eigenvalue weighted by Gasteiger charge is -2.29. The van der Waals surface area contributed by atoms with E-state index in [2.05, 4.69) is 15.3 Å². The molecule has 1 aliphatic carbocycles. The summed E-state index contributed by atoms with van der Waals surface area (Å²) in [6.07, 6.45) is 1.70. The third-order valence-corrected chi connectivity index (χ3v) is 3.64. The van der Waals surface area contributed by atoms with Gasteiger partial charge in [-0.25, -0.2) is 4.98 Å². The average Bonchev–Trinajstić information content (AvgIpc) is 2.82. The summed E-state index contributed by atoms with van der Waals surface area (Å²) < 4.78 is 0. The highest BCUT2D eigenvalue weighted by Crippen LogP contribution is 2.39. The SMILES string of the molecule is CC(C)(C)[C@@H](CO)NC(=O)c1c[nH]c2c3nc-3cc12. The number of carbonyl (C=O) groups is 1. The number of nitrogens with zero attached hydrogens (tertiary/aromatic N) is 1. The molecular formula is C14H17N3O2. The highest BCUT2D eigenvalue weighted by Gasteiger charge is 2.29. The second-order valence-corrected chi connectivity index (χ2v) is 6.06. The molecule has 1 amide bonds. The first-order valence-electron chi connectivity index (χ1n) is 6.36. The molecule has 1 atom stereocenters. The van der Waals surface area contributed by atoms with Crippen molar-refractivity contribution in [2.75, 3.05) is 6.61 Å². The molecule has 0 bridgehead atoms. The average molecular weight is 259 g/mol. The lowest BCUT2D eigenvalue weighted by Crippen LogP contribution is -2.46. The number of rotatable bonds is 3. The fourth-order valence-corrected chi connectivity index (χ4v) is 2.25. The number of fused-ring (bicyclic) bond motifs is 3. The van der Waals surface area contributed by atoms with Gasteiger partial charge in [-0.05, 0) is 11.5 Å². The van der Waals surface area contributed by atoms with E-state index in [4.69, 9.17) is 0 Å². The zero-order valence-electron chi connectivity index (χ0n) is 11.2. The summed E-state index contributed by atoms with van der Waals surface area (Å²) in [7, 11) is 0. The van der Waals surface area contributed by atoms with Gasteiger partial charge in [0.15, 0.2) is 0 Å². The topological polar surface area (TPSA) is 78.0 Å². The number of aromatic amines is 1. The van der Waals surface area contributed by atoms with Crippen LogP contribution in [0.3, 0.4) is 0 Å². The van der Waals surface area contributed by atoms with Crippen molar-refractivity contribution in [3.05, 3.63) is 17.8 Å². The minimum Gasteiger partial charge on any atom is -0.394 e. The first-order valence-corrected chi connectivity index (χ1v) is 6.36. The molecule has 0 radical (unpaired) electrons. The summed E-state index contributed by atoms with van der Waals surface area (Å²) in [5.41, 5.74) is 3.28. The van der Waals surface area contributed by atoms with Gasteiger partial charge < -0.3 is 15.4 Å². The smallest absolute Gasteiger partial charge is 0.253 e. The van der Waals surface area contributed by atoms with Crippen LogP contribution in [0.4, 0.5) is 0 Å². The van der Waals surface area contributed by atoms with Crippen molar-refractivity contribution in [3.63, 3.8) is 0 Å². The Morgan fingerprint density at radius 3 is 2.89 bits per heavy atom. The molecule has 1 aromatic rings. The Bertz CT molecular complexity index is 667. The van der Waals surface area contributed by atoms with E-state index in [1.807, 2.05) is 26.8 Å². The van der Waals surface area contributed by atoms with Crippen molar-refractivity contribution in [2.45, 2.75) is 26.8 Å². The van der Waals surface area contributed by atoms with E-state index in [0.717, 1.165) is 22.3 Å². The number of H-pyrrole nitrogens is 1. The maximum Gasteiger partial charge on any atom is 0.253 e. The third kappa shape index (κ3) is 1.90. The van der Waals surface area contributed by atoms with Gasteiger partial charge in [0, 0.05) is 11.6 Å². The summed E-state index contributed by atoms with van der Waals surface area (Å²) in [6, 6.07) is 1.65. The molecule has 0 aromatic carbocycles. The van der Waals surface area contributed by atoms with Gasteiger partial charge in [-0.2, -0.15) is 0 Å². The first kappa shape index (κ1) is 12.2. The Labute approximate surface area is 111 Å². The fraction of sp³-hybridized carbons (Fsp3) is 0.429. The minimum atomic E-state index is -0.272. The number of aliphatic hydroxyl groups excluding tert-OH is 1. The van der Waals surface area contributed by atoms with Crippen LogP contribution in [0.2, 0.25) is 0 Å². The number of pyridine rings is 1. The lowest BCUT2D eigenvalue weighted by atomic mass is 9.87. The number of hydrogen-bond acceptors (Lipinski definition) is 3. The molecule has 3 rings (SSSR count). The Balaban J connectivity index is 1.85. The van der Waals surface area contributed by atoms with E-state index in [0.29, 0.717) is 5.56 Å². The summed E-state index contributed by atoms with van der Waals surface area (Å²) >= 11 is 0. The van der Waals surface area contributed by atoms with Crippen LogP contribution in [0, 0.1) is 5.41 Å². The molecule has 2 aliphatic rings. The van der Waals surface area contributed by atoms with Gasteiger partial charge in [0.25, 0.3) is 5.91 Å². The Morgan fingerprint density at radius 1 is 1.53 bits per heavy atom. The standard InChI is InChI=1S/C14H17N3O2/c1-14(2,3)10(6-18)17-13(19)8-5-15-11-7(8)4-9-12(11)16-9/h4-5,10,15,18H,6H2,1-3H3,(H,17,19)/t10-/m1/s1. The molecule has 2 heterocycles. The maximum atomic E-state index is 12.3. The molecule has 19 heavy (non-hydrogen) atoms. The summed E-state index contributed by atoms with van der Waals surface area (Å²) in [5.74, 6) is -0.162. The van der Waals surface area contributed by atoms with Crippen molar-refractivity contribution < 1.29 is 9.90 Å². The second kappa shape index (κ2) is 3.81. The largest absolute Gasteiger partial charge is 0.394 e. The van der Waals surface area contributed by atoms with Crippen LogP contribution < -0.4 is 5.32 Å². The quantitative estimate of drug-likeness (QED) is 0.669. The van der Waals surface area contributed by atoms with Crippen LogP contribution in [0.5, 0.6) is 0 Å². The van der Waals surface area contributed by atoms with Crippen molar-refractivity contribution in [2.24, 2.45) is 5.41 Å².